The fourth-order valence-electron chi connectivity index (χ4n) is 4.69. The SMILES string of the molecule is COCCN(C[C@H]1CC2(CCN(C(=O)c3cc(OC)cc(OC)c3)CC2)CO1)C(C)C. The average Bonchev–Trinajstić information content (AvgIpc) is 3.17. The smallest absolute Gasteiger partial charge is 0.254 e. The van der Waals surface area contributed by atoms with Gasteiger partial charge in [0.1, 0.15) is 11.5 Å². The quantitative estimate of drug-likeness (QED) is 0.595. The summed E-state index contributed by atoms with van der Waals surface area (Å²) in [5.41, 5.74) is 0.802. The maximum Gasteiger partial charge on any atom is 0.254 e. The van der Waals surface area contributed by atoms with Crippen LogP contribution < -0.4 is 9.47 Å². The maximum absolute atomic E-state index is 13.1. The highest BCUT2D eigenvalue weighted by Crippen LogP contribution is 2.42. The standard InChI is InChI=1S/C24H38N2O5/c1-18(2)26(10-11-28-3)16-22-15-24(17-31-22)6-8-25(9-7-24)23(27)19-12-20(29-4)14-21(13-19)30-5/h12-14,18,22H,6-11,15-17H2,1-5H3/t22-/m1/s1. The second-order valence-electron chi connectivity index (χ2n) is 9.11. The first-order chi connectivity index (χ1) is 14.9. The number of methoxy groups -OCH3 is 3. The first-order valence-corrected chi connectivity index (χ1v) is 11.3. The first-order valence-electron chi connectivity index (χ1n) is 11.3. The van der Waals surface area contributed by atoms with E-state index in [1.807, 2.05) is 4.90 Å². The van der Waals surface area contributed by atoms with Crippen molar-refractivity contribution >= 4 is 5.91 Å². The Morgan fingerprint density at radius 2 is 1.81 bits per heavy atom. The number of benzene rings is 1. The van der Waals surface area contributed by atoms with Crippen LogP contribution in [0.3, 0.4) is 0 Å². The highest BCUT2D eigenvalue weighted by Gasteiger charge is 2.43. The van der Waals surface area contributed by atoms with Gasteiger partial charge in [0.15, 0.2) is 0 Å². The Labute approximate surface area is 186 Å². The molecular formula is C24H38N2O5. The van der Waals surface area contributed by atoms with Crippen LogP contribution in [0.4, 0.5) is 0 Å². The highest BCUT2D eigenvalue weighted by atomic mass is 16.5. The molecule has 2 saturated heterocycles. The van der Waals surface area contributed by atoms with E-state index < -0.39 is 0 Å². The van der Waals surface area contributed by atoms with Crippen molar-refractivity contribution in [2.75, 3.05) is 60.7 Å². The Kier molecular flexibility index (Phi) is 8.19. The fourth-order valence-corrected chi connectivity index (χ4v) is 4.69. The van der Waals surface area contributed by atoms with Crippen molar-refractivity contribution in [3.63, 3.8) is 0 Å². The van der Waals surface area contributed by atoms with Crippen LogP contribution in [0.25, 0.3) is 0 Å². The van der Waals surface area contributed by atoms with Crippen LogP contribution in [0.5, 0.6) is 11.5 Å². The van der Waals surface area contributed by atoms with Crippen LogP contribution in [0.1, 0.15) is 43.5 Å². The molecule has 31 heavy (non-hydrogen) atoms. The Morgan fingerprint density at radius 1 is 1.16 bits per heavy atom. The molecule has 2 aliphatic rings. The number of piperidine rings is 1. The average molecular weight is 435 g/mol. The van der Waals surface area contributed by atoms with E-state index >= 15 is 0 Å². The second-order valence-corrected chi connectivity index (χ2v) is 9.11. The maximum atomic E-state index is 13.1. The monoisotopic (exact) mass is 434 g/mol. The van der Waals surface area contributed by atoms with Crippen molar-refractivity contribution in [2.45, 2.75) is 45.3 Å². The molecular weight excluding hydrogens is 396 g/mol. The molecule has 1 aromatic rings. The number of likely N-dealkylation sites (tertiary alicyclic amines) is 1. The van der Waals surface area contributed by atoms with Gasteiger partial charge in [0.25, 0.3) is 5.91 Å². The lowest BCUT2D eigenvalue weighted by Gasteiger charge is -2.38. The van der Waals surface area contributed by atoms with E-state index in [9.17, 15) is 4.79 Å². The zero-order valence-corrected chi connectivity index (χ0v) is 19.7. The molecule has 0 saturated carbocycles. The zero-order chi connectivity index (χ0) is 22.4. The molecule has 0 aromatic heterocycles. The number of ether oxygens (including phenoxy) is 4. The highest BCUT2D eigenvalue weighted by molar-refractivity contribution is 5.95. The van der Waals surface area contributed by atoms with Crippen molar-refractivity contribution in [1.29, 1.82) is 0 Å². The van der Waals surface area contributed by atoms with Crippen LogP contribution in [-0.4, -0.2) is 88.6 Å². The van der Waals surface area contributed by atoms with Crippen molar-refractivity contribution in [3.8, 4) is 11.5 Å². The van der Waals surface area contributed by atoms with E-state index in [4.69, 9.17) is 18.9 Å². The summed E-state index contributed by atoms with van der Waals surface area (Å²) >= 11 is 0. The molecule has 0 N–H and O–H groups in total. The molecule has 2 fully saturated rings. The predicted octanol–water partition coefficient (Wildman–Crippen LogP) is 3.07. The number of hydrogen-bond donors (Lipinski definition) is 0. The summed E-state index contributed by atoms with van der Waals surface area (Å²) in [6.07, 6.45) is 3.29. The summed E-state index contributed by atoms with van der Waals surface area (Å²) in [6.45, 7) is 9.35. The fraction of sp³-hybridized carbons (Fsp3) is 0.708. The van der Waals surface area contributed by atoms with Crippen LogP contribution >= 0.6 is 0 Å². The minimum absolute atomic E-state index is 0.0352. The van der Waals surface area contributed by atoms with Gasteiger partial charge in [-0.15, -0.1) is 0 Å². The van der Waals surface area contributed by atoms with E-state index in [0.29, 0.717) is 23.1 Å². The van der Waals surface area contributed by atoms with Gasteiger partial charge in [-0.3, -0.25) is 9.69 Å². The summed E-state index contributed by atoms with van der Waals surface area (Å²) in [5.74, 6) is 1.30. The van der Waals surface area contributed by atoms with Crippen LogP contribution in [0, 0.1) is 5.41 Å². The van der Waals surface area contributed by atoms with E-state index in [1.165, 1.54) is 0 Å². The zero-order valence-electron chi connectivity index (χ0n) is 19.7. The van der Waals surface area contributed by atoms with Gasteiger partial charge >= 0.3 is 0 Å². The van der Waals surface area contributed by atoms with Crippen molar-refractivity contribution in [2.24, 2.45) is 5.41 Å². The molecule has 1 spiro atoms. The van der Waals surface area contributed by atoms with Gasteiger partial charge in [0.05, 0.1) is 33.5 Å². The normalized spacial score (nSPS) is 20.6. The third-order valence-corrected chi connectivity index (χ3v) is 6.75. The van der Waals surface area contributed by atoms with Gasteiger partial charge in [-0.1, -0.05) is 0 Å². The topological polar surface area (TPSA) is 60.5 Å². The van der Waals surface area contributed by atoms with Gasteiger partial charge in [-0.05, 0) is 50.7 Å². The Hall–Kier alpha value is -1.83. The van der Waals surface area contributed by atoms with Crippen LogP contribution in [-0.2, 0) is 9.47 Å². The lowest BCUT2D eigenvalue weighted by molar-refractivity contribution is 0.0366. The molecule has 7 nitrogen and oxygen atoms in total. The number of carbonyl (C=O) groups excluding carboxylic acids is 1. The van der Waals surface area contributed by atoms with E-state index in [2.05, 4.69) is 18.7 Å². The van der Waals surface area contributed by atoms with Crippen molar-refractivity contribution in [3.05, 3.63) is 23.8 Å². The summed E-state index contributed by atoms with van der Waals surface area (Å²) in [5, 5.41) is 0. The molecule has 174 valence electrons. The molecule has 3 rings (SSSR count). The van der Waals surface area contributed by atoms with Gasteiger partial charge in [0, 0.05) is 51.0 Å². The lowest BCUT2D eigenvalue weighted by atomic mass is 9.76. The Balaban J connectivity index is 1.56. The van der Waals surface area contributed by atoms with Crippen molar-refractivity contribution in [1.82, 2.24) is 9.80 Å². The van der Waals surface area contributed by atoms with E-state index in [0.717, 1.165) is 58.7 Å². The number of rotatable bonds is 9. The summed E-state index contributed by atoms with van der Waals surface area (Å²) in [7, 11) is 4.94. The number of hydrogen-bond acceptors (Lipinski definition) is 6. The van der Waals surface area contributed by atoms with E-state index in [1.54, 1.807) is 39.5 Å². The predicted molar refractivity (Wildman–Crippen MR) is 120 cm³/mol. The Bertz CT molecular complexity index is 708. The molecule has 0 unspecified atom stereocenters. The number of nitrogens with zero attached hydrogens (tertiary/aromatic N) is 2. The molecule has 0 aliphatic carbocycles. The molecule has 1 amide bonds. The molecule has 0 radical (unpaired) electrons. The van der Waals surface area contributed by atoms with E-state index in [-0.39, 0.29) is 17.4 Å². The largest absolute Gasteiger partial charge is 0.497 e. The van der Waals surface area contributed by atoms with Crippen LogP contribution in [0.15, 0.2) is 18.2 Å². The summed E-state index contributed by atoms with van der Waals surface area (Å²) in [4.78, 5) is 17.5. The molecule has 1 atom stereocenters. The summed E-state index contributed by atoms with van der Waals surface area (Å²) < 4.78 is 22.1. The first kappa shape index (κ1) is 23.8. The molecule has 2 aliphatic heterocycles. The third kappa shape index (κ3) is 5.90. The number of carbonyl (C=O) groups is 1. The molecule has 7 heteroatoms. The second kappa shape index (κ2) is 10.7. The molecule has 1 aromatic carbocycles. The molecule has 2 heterocycles. The van der Waals surface area contributed by atoms with Gasteiger partial charge in [0.2, 0.25) is 0 Å². The Morgan fingerprint density at radius 3 is 2.35 bits per heavy atom. The minimum Gasteiger partial charge on any atom is -0.497 e. The molecule has 0 bridgehead atoms. The number of amides is 1. The van der Waals surface area contributed by atoms with Gasteiger partial charge < -0.3 is 23.8 Å². The lowest BCUT2D eigenvalue weighted by Crippen LogP contribution is -2.44. The van der Waals surface area contributed by atoms with Crippen LogP contribution in [0.2, 0.25) is 0 Å². The van der Waals surface area contributed by atoms with Gasteiger partial charge in [-0.25, -0.2) is 0 Å². The van der Waals surface area contributed by atoms with Gasteiger partial charge in [-0.2, -0.15) is 0 Å². The third-order valence-electron chi connectivity index (χ3n) is 6.75. The summed E-state index contributed by atoms with van der Waals surface area (Å²) in [6, 6.07) is 5.81. The van der Waals surface area contributed by atoms with Crippen molar-refractivity contribution < 1.29 is 23.7 Å². The minimum atomic E-state index is 0.0352.